The summed E-state index contributed by atoms with van der Waals surface area (Å²) in [5.41, 5.74) is 0. The Bertz CT molecular complexity index is 357. The fraction of sp³-hybridized carbons (Fsp3) is 0.909. The largest absolute Gasteiger partial charge is 0.466 e. The highest BCUT2D eigenvalue weighted by atomic mass is 16.5. The maximum atomic E-state index is 11.6. The molecule has 1 unspecified atom stereocenters. The average molecular weight is 387 g/mol. The summed E-state index contributed by atoms with van der Waals surface area (Å²) < 4.78 is 15.3. The van der Waals surface area contributed by atoms with E-state index < -0.39 is 0 Å². The van der Waals surface area contributed by atoms with E-state index in [1.807, 2.05) is 6.92 Å². The molecule has 0 N–H and O–H groups in total. The molecule has 1 atom stereocenters. The van der Waals surface area contributed by atoms with Gasteiger partial charge in [0, 0.05) is 13.7 Å². The van der Waals surface area contributed by atoms with Crippen LogP contribution in [0.1, 0.15) is 97.3 Å². The van der Waals surface area contributed by atoms with Crippen LogP contribution >= 0.6 is 0 Å². The van der Waals surface area contributed by atoms with E-state index in [-0.39, 0.29) is 30.7 Å². The Balaban J connectivity index is 3.39. The van der Waals surface area contributed by atoms with E-state index in [4.69, 9.17) is 14.2 Å². The predicted molar refractivity (Wildman–Crippen MR) is 109 cm³/mol. The van der Waals surface area contributed by atoms with Crippen molar-refractivity contribution in [1.29, 1.82) is 0 Å². The molecule has 160 valence electrons. The first-order valence-corrected chi connectivity index (χ1v) is 10.9. The molecular formula is C22H42O5. The van der Waals surface area contributed by atoms with Crippen molar-refractivity contribution < 1.29 is 23.8 Å². The molecule has 5 nitrogen and oxygen atoms in total. The minimum absolute atomic E-state index is 0.0911. The molecule has 5 heteroatoms. The molecule has 0 saturated heterocycles. The summed E-state index contributed by atoms with van der Waals surface area (Å²) in [6.07, 6.45) is 13.6. The fourth-order valence-corrected chi connectivity index (χ4v) is 2.76. The van der Waals surface area contributed by atoms with Crippen molar-refractivity contribution in [2.45, 2.75) is 97.3 Å². The number of methoxy groups -OCH3 is 1. The molecule has 0 saturated carbocycles. The van der Waals surface area contributed by atoms with Gasteiger partial charge in [0.2, 0.25) is 0 Å². The van der Waals surface area contributed by atoms with Crippen LogP contribution in [0.2, 0.25) is 0 Å². The first-order chi connectivity index (χ1) is 13.1. The Kier molecular flexibility index (Phi) is 18.9. The van der Waals surface area contributed by atoms with Crippen molar-refractivity contribution in [3.63, 3.8) is 0 Å². The van der Waals surface area contributed by atoms with E-state index in [0.717, 1.165) is 19.3 Å². The number of rotatable bonds is 19. The molecular weight excluding hydrogens is 344 g/mol. The van der Waals surface area contributed by atoms with Crippen LogP contribution in [0, 0.1) is 5.92 Å². The van der Waals surface area contributed by atoms with Gasteiger partial charge in [0.15, 0.2) is 0 Å². The molecule has 0 aromatic rings. The highest BCUT2D eigenvalue weighted by Gasteiger charge is 2.11. The van der Waals surface area contributed by atoms with Gasteiger partial charge in [-0.05, 0) is 18.8 Å². The molecule has 0 spiro atoms. The zero-order valence-corrected chi connectivity index (χ0v) is 17.9. The summed E-state index contributed by atoms with van der Waals surface area (Å²) in [5.74, 6) is -0.386. The molecule has 0 fully saturated rings. The van der Waals surface area contributed by atoms with Gasteiger partial charge in [0.1, 0.15) is 0 Å². The SMILES string of the molecule is CCCCCCCCCCCCOC(=O)CCC(=O)OCC(C)CCOC. The summed E-state index contributed by atoms with van der Waals surface area (Å²) in [6, 6.07) is 0. The van der Waals surface area contributed by atoms with Crippen molar-refractivity contribution in [1.82, 2.24) is 0 Å². The molecule has 0 aliphatic heterocycles. The first-order valence-electron chi connectivity index (χ1n) is 10.9. The van der Waals surface area contributed by atoms with Crippen molar-refractivity contribution in [2.24, 2.45) is 5.92 Å². The molecule has 0 aliphatic carbocycles. The van der Waals surface area contributed by atoms with Gasteiger partial charge in [-0.25, -0.2) is 0 Å². The maximum absolute atomic E-state index is 11.6. The smallest absolute Gasteiger partial charge is 0.306 e. The lowest BCUT2D eigenvalue weighted by Crippen LogP contribution is -2.15. The lowest BCUT2D eigenvalue weighted by atomic mass is 10.1. The molecule has 27 heavy (non-hydrogen) atoms. The fourth-order valence-electron chi connectivity index (χ4n) is 2.76. The Hall–Kier alpha value is -1.10. The highest BCUT2D eigenvalue weighted by molar-refractivity contribution is 5.77. The summed E-state index contributed by atoms with van der Waals surface area (Å²) >= 11 is 0. The number of hydrogen-bond acceptors (Lipinski definition) is 5. The van der Waals surface area contributed by atoms with Crippen LogP contribution in [0.4, 0.5) is 0 Å². The van der Waals surface area contributed by atoms with Gasteiger partial charge in [0.05, 0.1) is 26.1 Å². The number of esters is 2. The Labute approximate surface area is 166 Å². The van der Waals surface area contributed by atoms with Gasteiger partial charge in [0.25, 0.3) is 0 Å². The summed E-state index contributed by atoms with van der Waals surface area (Å²) in [5, 5.41) is 0. The molecule has 0 aromatic heterocycles. The molecule has 0 aromatic carbocycles. The van der Waals surface area contributed by atoms with Crippen molar-refractivity contribution in [2.75, 3.05) is 26.9 Å². The van der Waals surface area contributed by atoms with Crippen LogP contribution in [0.3, 0.4) is 0 Å². The number of carbonyl (C=O) groups excluding carboxylic acids is 2. The lowest BCUT2D eigenvalue weighted by molar-refractivity contribution is -0.151. The molecule has 0 amide bonds. The first kappa shape index (κ1) is 25.9. The van der Waals surface area contributed by atoms with E-state index in [1.165, 1.54) is 51.4 Å². The standard InChI is InChI=1S/C22H42O5/c1-4-5-6-7-8-9-10-11-12-13-17-26-21(23)14-15-22(24)27-19-20(2)16-18-25-3/h20H,4-19H2,1-3H3. The monoisotopic (exact) mass is 386 g/mol. The van der Waals surface area contributed by atoms with E-state index >= 15 is 0 Å². The van der Waals surface area contributed by atoms with Crippen LogP contribution in [-0.4, -0.2) is 38.9 Å². The van der Waals surface area contributed by atoms with Gasteiger partial charge in [-0.15, -0.1) is 0 Å². The van der Waals surface area contributed by atoms with E-state index in [9.17, 15) is 9.59 Å². The third-order valence-electron chi connectivity index (χ3n) is 4.64. The van der Waals surface area contributed by atoms with E-state index in [2.05, 4.69) is 6.92 Å². The second-order valence-corrected chi connectivity index (χ2v) is 7.47. The number of ether oxygens (including phenoxy) is 3. The van der Waals surface area contributed by atoms with Gasteiger partial charge >= 0.3 is 11.9 Å². The van der Waals surface area contributed by atoms with E-state index in [1.54, 1.807) is 7.11 Å². The zero-order valence-electron chi connectivity index (χ0n) is 17.9. The highest BCUT2D eigenvalue weighted by Crippen LogP contribution is 2.10. The van der Waals surface area contributed by atoms with E-state index in [0.29, 0.717) is 19.8 Å². The Morgan fingerprint density at radius 1 is 0.741 bits per heavy atom. The summed E-state index contributed by atoms with van der Waals surface area (Å²) in [4.78, 5) is 23.3. The Morgan fingerprint density at radius 2 is 1.26 bits per heavy atom. The molecule has 0 heterocycles. The van der Waals surface area contributed by atoms with Gasteiger partial charge in [-0.1, -0.05) is 71.6 Å². The molecule has 0 rings (SSSR count). The second kappa shape index (κ2) is 19.7. The average Bonchev–Trinajstić information content (AvgIpc) is 2.67. The third kappa shape index (κ3) is 19.5. The van der Waals surface area contributed by atoms with Crippen LogP contribution in [-0.2, 0) is 23.8 Å². The normalized spacial score (nSPS) is 12.0. The third-order valence-corrected chi connectivity index (χ3v) is 4.64. The summed E-state index contributed by atoms with van der Waals surface area (Å²) in [7, 11) is 1.65. The lowest BCUT2D eigenvalue weighted by Gasteiger charge is -2.11. The van der Waals surface area contributed by atoms with Crippen LogP contribution < -0.4 is 0 Å². The minimum Gasteiger partial charge on any atom is -0.466 e. The Morgan fingerprint density at radius 3 is 1.81 bits per heavy atom. The zero-order chi connectivity index (χ0) is 20.2. The topological polar surface area (TPSA) is 61.8 Å². The van der Waals surface area contributed by atoms with Crippen LogP contribution in [0.15, 0.2) is 0 Å². The molecule has 0 aliphatic rings. The van der Waals surface area contributed by atoms with Gasteiger partial charge in [-0.3, -0.25) is 9.59 Å². The molecule has 0 bridgehead atoms. The quantitative estimate of drug-likeness (QED) is 0.218. The number of hydrogen-bond donors (Lipinski definition) is 0. The maximum Gasteiger partial charge on any atom is 0.306 e. The predicted octanol–water partition coefficient (Wildman–Crippen LogP) is 5.45. The minimum atomic E-state index is -0.338. The van der Waals surface area contributed by atoms with Gasteiger partial charge < -0.3 is 14.2 Å². The van der Waals surface area contributed by atoms with Crippen molar-refractivity contribution >= 4 is 11.9 Å². The number of carbonyl (C=O) groups is 2. The number of unbranched alkanes of at least 4 members (excludes halogenated alkanes) is 9. The van der Waals surface area contributed by atoms with Gasteiger partial charge in [-0.2, -0.15) is 0 Å². The van der Waals surface area contributed by atoms with Crippen molar-refractivity contribution in [3.8, 4) is 0 Å². The van der Waals surface area contributed by atoms with Crippen molar-refractivity contribution in [3.05, 3.63) is 0 Å². The second-order valence-electron chi connectivity index (χ2n) is 7.47. The summed E-state index contributed by atoms with van der Waals surface area (Å²) in [6.45, 7) is 5.73. The van der Waals surface area contributed by atoms with Crippen LogP contribution in [0.5, 0.6) is 0 Å². The molecule has 0 radical (unpaired) electrons. The van der Waals surface area contributed by atoms with Crippen LogP contribution in [0.25, 0.3) is 0 Å².